The molecule has 0 unspecified atom stereocenters. The summed E-state index contributed by atoms with van der Waals surface area (Å²) in [5.74, 6) is 0.841. The van der Waals surface area contributed by atoms with Crippen molar-refractivity contribution < 1.29 is 14.7 Å². The average molecular weight is 608 g/mol. The molecule has 1 saturated carbocycles. The van der Waals surface area contributed by atoms with Crippen LogP contribution in [0.4, 0.5) is 9.93 Å². The number of urea groups is 1. The molecular weight excluding hydrogens is 558 g/mol. The number of allylic oxidation sites excluding steroid dienone is 2. The Morgan fingerprint density at radius 1 is 1.21 bits per heavy atom. The molecule has 3 aromatic rings. The van der Waals surface area contributed by atoms with Gasteiger partial charge in [-0.05, 0) is 87.8 Å². The Bertz CT molecular complexity index is 1350. The van der Waals surface area contributed by atoms with Crippen LogP contribution in [0.3, 0.4) is 0 Å². The largest absolute Gasteiger partial charge is 0.400 e. The maximum absolute atomic E-state index is 11.9. The Labute approximate surface area is 261 Å². The van der Waals surface area contributed by atoms with Gasteiger partial charge < -0.3 is 15.2 Å². The summed E-state index contributed by atoms with van der Waals surface area (Å²) in [5, 5.41) is 13.0. The number of benzene rings is 1. The van der Waals surface area contributed by atoms with E-state index in [1.54, 1.807) is 18.5 Å². The molecule has 0 radical (unpaired) electrons. The molecule has 2 aromatic heterocycles. The van der Waals surface area contributed by atoms with Gasteiger partial charge in [0.1, 0.15) is 6.29 Å². The summed E-state index contributed by atoms with van der Waals surface area (Å²) < 4.78 is 0.956. The Hall–Kier alpha value is -3.69. The summed E-state index contributed by atoms with van der Waals surface area (Å²) in [5.41, 5.74) is 5.37. The minimum Gasteiger partial charge on any atom is -0.400 e. The second-order valence-corrected chi connectivity index (χ2v) is 11.4. The molecule has 2 amide bonds. The van der Waals surface area contributed by atoms with Gasteiger partial charge in [0.2, 0.25) is 0 Å². The van der Waals surface area contributed by atoms with E-state index in [4.69, 9.17) is 5.11 Å². The van der Waals surface area contributed by atoms with Gasteiger partial charge in [-0.15, -0.1) is 0 Å². The molecule has 3 N–H and O–H groups in total. The van der Waals surface area contributed by atoms with E-state index < -0.39 is 0 Å². The van der Waals surface area contributed by atoms with Gasteiger partial charge in [0.05, 0.1) is 15.9 Å². The van der Waals surface area contributed by atoms with Gasteiger partial charge in [-0.2, -0.15) is 0 Å². The van der Waals surface area contributed by atoms with Crippen molar-refractivity contribution >= 4 is 50.3 Å². The minimum atomic E-state index is -0.273. The summed E-state index contributed by atoms with van der Waals surface area (Å²) >= 11 is 1.42. The van der Waals surface area contributed by atoms with Crippen LogP contribution in [0.1, 0.15) is 79.7 Å². The number of aromatic nitrogens is 2. The molecule has 1 aliphatic carbocycles. The Morgan fingerprint density at radius 3 is 2.42 bits per heavy atom. The Morgan fingerprint density at radius 2 is 1.88 bits per heavy atom. The SMILES string of the molecule is C=C/C(=C\N=C(C)C)c1cc(-c2ccccn2)c2sc(NC(=O)NCC)nc2c1.CC.CC1CCC(C)(C=O)CC1.CO. The lowest BCUT2D eigenvalue weighted by Gasteiger charge is -2.31. The average Bonchev–Trinajstić information content (AvgIpc) is 3.43. The van der Waals surface area contributed by atoms with Crippen LogP contribution in [0.25, 0.3) is 27.0 Å². The van der Waals surface area contributed by atoms with Crippen LogP contribution < -0.4 is 10.6 Å². The van der Waals surface area contributed by atoms with E-state index in [1.165, 1.54) is 24.2 Å². The molecule has 2 heterocycles. The number of fused-ring (bicyclic) bond motifs is 1. The number of nitrogens with one attached hydrogen (secondary N) is 2. The molecule has 234 valence electrons. The highest BCUT2D eigenvalue weighted by Gasteiger charge is 2.28. The zero-order valence-electron chi connectivity index (χ0n) is 27.0. The predicted molar refractivity (Wildman–Crippen MR) is 184 cm³/mol. The highest BCUT2D eigenvalue weighted by atomic mass is 32.1. The van der Waals surface area contributed by atoms with Crippen LogP contribution in [-0.2, 0) is 4.79 Å². The molecule has 1 aromatic carbocycles. The first-order valence-electron chi connectivity index (χ1n) is 14.8. The quantitative estimate of drug-likeness (QED) is 0.141. The zero-order valence-corrected chi connectivity index (χ0v) is 27.8. The standard InChI is InChI=1S/C22H23N5OS.C9H16O.C2H6.CH4O/c1-5-15(13-25-14(3)4)16-11-17(18-9-7-8-10-24-18)20-19(12-16)26-22(29-20)27-21(28)23-6-2;1-8-3-5-9(2,7-10)6-4-8;2*1-2/h5,7-13H,1,6H2,2-4H3,(H2,23,26,27,28);7-8H,3-6H2,1-2H3;1-2H3;2H,1H3/b15-13+;;;. The number of aldehydes is 1. The fourth-order valence-electron chi connectivity index (χ4n) is 4.25. The highest BCUT2D eigenvalue weighted by Crippen LogP contribution is 2.38. The van der Waals surface area contributed by atoms with E-state index >= 15 is 0 Å². The number of aliphatic hydroxyl groups is 1. The molecule has 0 atom stereocenters. The van der Waals surface area contributed by atoms with E-state index in [0.29, 0.717) is 11.7 Å². The smallest absolute Gasteiger partial charge is 0.321 e. The zero-order chi connectivity index (χ0) is 32.4. The number of pyridine rings is 1. The molecule has 9 heteroatoms. The normalized spacial score (nSPS) is 17.4. The Kier molecular flexibility index (Phi) is 16.9. The summed E-state index contributed by atoms with van der Waals surface area (Å²) in [4.78, 5) is 36.0. The van der Waals surface area contributed by atoms with Gasteiger partial charge in [0.15, 0.2) is 5.13 Å². The van der Waals surface area contributed by atoms with Crippen LogP contribution in [-0.4, -0.2) is 46.8 Å². The number of hydrogen-bond donors (Lipinski definition) is 3. The lowest BCUT2D eigenvalue weighted by molar-refractivity contribution is -0.117. The van der Waals surface area contributed by atoms with Crippen molar-refractivity contribution in [1.82, 2.24) is 15.3 Å². The van der Waals surface area contributed by atoms with Gasteiger partial charge in [0, 0.05) is 42.7 Å². The van der Waals surface area contributed by atoms with Crippen molar-refractivity contribution in [2.24, 2.45) is 16.3 Å². The van der Waals surface area contributed by atoms with Crippen molar-refractivity contribution in [3.63, 3.8) is 0 Å². The highest BCUT2D eigenvalue weighted by molar-refractivity contribution is 7.22. The lowest BCUT2D eigenvalue weighted by atomic mass is 9.73. The van der Waals surface area contributed by atoms with E-state index in [1.807, 2.05) is 58.9 Å². The first-order chi connectivity index (χ1) is 20.7. The number of amides is 2. The number of carbonyl (C=O) groups is 2. The monoisotopic (exact) mass is 607 g/mol. The number of carbonyl (C=O) groups excluding carboxylic acids is 2. The van der Waals surface area contributed by atoms with Crippen molar-refractivity contribution in [3.8, 4) is 11.3 Å². The van der Waals surface area contributed by atoms with E-state index in [9.17, 15) is 9.59 Å². The number of anilines is 1. The minimum absolute atomic E-state index is 0.0203. The third kappa shape index (κ3) is 11.8. The molecule has 0 saturated heterocycles. The van der Waals surface area contributed by atoms with Gasteiger partial charge in [-0.3, -0.25) is 15.3 Å². The van der Waals surface area contributed by atoms with Gasteiger partial charge in [0.25, 0.3) is 0 Å². The predicted octanol–water partition coefficient (Wildman–Crippen LogP) is 8.54. The molecule has 1 aliphatic rings. The first-order valence-corrected chi connectivity index (χ1v) is 15.7. The van der Waals surface area contributed by atoms with E-state index in [0.717, 1.165) is 70.5 Å². The molecule has 0 bridgehead atoms. The number of hydrogen-bond acceptors (Lipinski definition) is 7. The van der Waals surface area contributed by atoms with Crippen molar-refractivity contribution in [3.05, 3.63) is 60.9 Å². The molecule has 0 aliphatic heterocycles. The van der Waals surface area contributed by atoms with Gasteiger partial charge >= 0.3 is 6.03 Å². The van der Waals surface area contributed by atoms with Gasteiger partial charge in [-0.25, -0.2) is 9.78 Å². The molecule has 4 rings (SSSR count). The van der Waals surface area contributed by atoms with Gasteiger partial charge in [-0.1, -0.05) is 57.8 Å². The summed E-state index contributed by atoms with van der Waals surface area (Å²) in [6.07, 6.45) is 11.1. The fourth-order valence-corrected chi connectivity index (χ4v) is 5.21. The molecule has 8 nitrogen and oxygen atoms in total. The second kappa shape index (κ2) is 19.5. The third-order valence-corrected chi connectivity index (χ3v) is 7.72. The molecular formula is C34H49N5O3S. The fraction of sp³-hybridized carbons (Fsp3) is 0.441. The van der Waals surface area contributed by atoms with Crippen molar-refractivity contribution in [1.29, 1.82) is 0 Å². The van der Waals surface area contributed by atoms with Crippen LogP contribution in [0.15, 0.2) is 60.4 Å². The van der Waals surface area contributed by atoms with E-state index in [-0.39, 0.29) is 11.4 Å². The lowest BCUT2D eigenvalue weighted by Crippen LogP contribution is -2.28. The van der Waals surface area contributed by atoms with Crippen molar-refractivity contribution in [2.45, 2.75) is 74.1 Å². The molecule has 1 fully saturated rings. The maximum atomic E-state index is 11.9. The third-order valence-electron chi connectivity index (χ3n) is 6.70. The molecule has 43 heavy (non-hydrogen) atoms. The van der Waals surface area contributed by atoms with Crippen LogP contribution >= 0.6 is 11.3 Å². The van der Waals surface area contributed by atoms with E-state index in [2.05, 4.69) is 52.1 Å². The first kappa shape index (κ1) is 37.3. The summed E-state index contributed by atoms with van der Waals surface area (Å²) in [6.45, 7) is 18.6. The second-order valence-electron chi connectivity index (χ2n) is 10.4. The summed E-state index contributed by atoms with van der Waals surface area (Å²) in [7, 11) is 1.00. The molecule has 0 spiro atoms. The van der Waals surface area contributed by atoms with Crippen LogP contribution in [0, 0.1) is 11.3 Å². The Balaban J connectivity index is 0.000000552. The van der Waals surface area contributed by atoms with Crippen molar-refractivity contribution in [2.75, 3.05) is 19.0 Å². The number of nitrogens with zero attached hydrogens (tertiary/aromatic N) is 3. The maximum Gasteiger partial charge on any atom is 0.321 e. The van der Waals surface area contributed by atoms with Crippen LogP contribution in [0.5, 0.6) is 0 Å². The van der Waals surface area contributed by atoms with Crippen LogP contribution in [0.2, 0.25) is 0 Å². The number of aliphatic imine (C=N–C) groups is 1. The topological polar surface area (TPSA) is 117 Å². The number of aliphatic hydroxyl groups excluding tert-OH is 1. The number of thiazole rings is 1. The summed E-state index contributed by atoms with van der Waals surface area (Å²) in [6, 6.07) is 9.56. The number of rotatable bonds is 7.